The molecule has 0 N–H and O–H groups in total. The van der Waals surface area contributed by atoms with Crippen molar-refractivity contribution in [2.75, 3.05) is 6.61 Å². The molecule has 1 aliphatic rings. The Labute approximate surface area is 96.0 Å². The first-order chi connectivity index (χ1) is 7.68. The van der Waals surface area contributed by atoms with Crippen molar-refractivity contribution in [3.63, 3.8) is 0 Å². The van der Waals surface area contributed by atoms with Gasteiger partial charge in [0, 0.05) is 6.54 Å². The van der Waals surface area contributed by atoms with Gasteiger partial charge >= 0.3 is 6.09 Å². The van der Waals surface area contributed by atoms with Crippen LogP contribution < -0.4 is 0 Å². The summed E-state index contributed by atoms with van der Waals surface area (Å²) in [5.41, 5.74) is 1.15. The van der Waals surface area contributed by atoms with Gasteiger partial charge in [0.2, 0.25) is 0 Å². The lowest BCUT2D eigenvalue weighted by Gasteiger charge is -2.24. The molecule has 1 aromatic rings. The van der Waals surface area contributed by atoms with Gasteiger partial charge in [-0.2, -0.15) is 0 Å². The average Bonchev–Trinajstić information content (AvgIpc) is 2.62. The Kier molecular flexibility index (Phi) is 3.13. The normalized spacial score (nSPS) is 20.3. The molecule has 2 rings (SSSR count). The number of hydrogen-bond acceptors (Lipinski definition) is 2. The van der Waals surface area contributed by atoms with Gasteiger partial charge in [-0.15, -0.1) is 0 Å². The van der Waals surface area contributed by atoms with E-state index in [0.29, 0.717) is 19.1 Å². The van der Waals surface area contributed by atoms with Crippen molar-refractivity contribution >= 4 is 6.09 Å². The maximum Gasteiger partial charge on any atom is 0.410 e. The summed E-state index contributed by atoms with van der Waals surface area (Å²) in [4.78, 5) is 13.4. The van der Waals surface area contributed by atoms with E-state index in [0.717, 1.165) is 5.56 Å². The van der Waals surface area contributed by atoms with Crippen LogP contribution in [0.3, 0.4) is 0 Å². The van der Waals surface area contributed by atoms with Crippen LogP contribution in [-0.2, 0) is 11.3 Å². The zero-order valence-corrected chi connectivity index (χ0v) is 9.72. The summed E-state index contributed by atoms with van der Waals surface area (Å²) in [7, 11) is 0. The molecule has 3 heteroatoms. The Balaban J connectivity index is 2.10. The maximum atomic E-state index is 11.6. The molecule has 0 aliphatic carbocycles. The lowest BCUT2D eigenvalue weighted by Crippen LogP contribution is -2.36. The molecule has 86 valence electrons. The second-order valence-electron chi connectivity index (χ2n) is 4.50. The van der Waals surface area contributed by atoms with E-state index in [1.807, 2.05) is 35.2 Å². The highest BCUT2D eigenvalue weighted by molar-refractivity contribution is 5.70. The van der Waals surface area contributed by atoms with Crippen molar-refractivity contribution in [2.45, 2.75) is 26.4 Å². The highest BCUT2D eigenvalue weighted by atomic mass is 16.6. The van der Waals surface area contributed by atoms with Crippen LogP contribution >= 0.6 is 0 Å². The van der Waals surface area contributed by atoms with E-state index in [4.69, 9.17) is 4.74 Å². The van der Waals surface area contributed by atoms with E-state index in [1.54, 1.807) is 0 Å². The van der Waals surface area contributed by atoms with Gasteiger partial charge in [0.25, 0.3) is 0 Å². The number of amides is 1. The maximum absolute atomic E-state index is 11.6. The molecule has 1 saturated heterocycles. The van der Waals surface area contributed by atoms with Crippen LogP contribution in [0.25, 0.3) is 0 Å². The summed E-state index contributed by atoms with van der Waals surface area (Å²) in [5, 5.41) is 0. The summed E-state index contributed by atoms with van der Waals surface area (Å²) < 4.78 is 5.10. The SMILES string of the molecule is CC(C)[C@@H]1COC(=O)N1Cc1ccccc1. The molecule has 0 radical (unpaired) electrons. The molecular weight excluding hydrogens is 202 g/mol. The number of cyclic esters (lactones) is 1. The molecule has 1 heterocycles. The molecule has 16 heavy (non-hydrogen) atoms. The Bertz CT molecular complexity index is 361. The number of hydrogen-bond donors (Lipinski definition) is 0. The molecule has 0 bridgehead atoms. The molecule has 1 aromatic carbocycles. The average molecular weight is 219 g/mol. The summed E-state index contributed by atoms with van der Waals surface area (Å²) >= 11 is 0. The van der Waals surface area contributed by atoms with Gasteiger partial charge in [-0.3, -0.25) is 4.90 Å². The van der Waals surface area contributed by atoms with Gasteiger partial charge in [0.05, 0.1) is 6.04 Å². The molecule has 1 atom stereocenters. The van der Waals surface area contributed by atoms with Gasteiger partial charge < -0.3 is 4.74 Å². The Morgan fingerprint density at radius 1 is 1.38 bits per heavy atom. The minimum Gasteiger partial charge on any atom is -0.447 e. The first-order valence-corrected chi connectivity index (χ1v) is 5.66. The highest BCUT2D eigenvalue weighted by Crippen LogP contribution is 2.21. The topological polar surface area (TPSA) is 29.5 Å². The Morgan fingerprint density at radius 2 is 2.06 bits per heavy atom. The molecule has 1 amide bonds. The quantitative estimate of drug-likeness (QED) is 0.782. The van der Waals surface area contributed by atoms with Gasteiger partial charge in [-0.05, 0) is 11.5 Å². The van der Waals surface area contributed by atoms with E-state index in [-0.39, 0.29) is 12.1 Å². The van der Waals surface area contributed by atoms with Gasteiger partial charge in [-0.25, -0.2) is 4.79 Å². The van der Waals surface area contributed by atoms with E-state index in [2.05, 4.69) is 13.8 Å². The van der Waals surface area contributed by atoms with E-state index in [9.17, 15) is 4.79 Å². The molecule has 0 saturated carbocycles. The fraction of sp³-hybridized carbons (Fsp3) is 0.462. The zero-order chi connectivity index (χ0) is 11.5. The zero-order valence-electron chi connectivity index (χ0n) is 9.72. The predicted octanol–water partition coefficient (Wildman–Crippen LogP) is 2.66. The molecule has 3 nitrogen and oxygen atoms in total. The van der Waals surface area contributed by atoms with Crippen LogP contribution in [0, 0.1) is 5.92 Å². The highest BCUT2D eigenvalue weighted by Gasteiger charge is 2.34. The van der Waals surface area contributed by atoms with Crippen LogP contribution in [0.4, 0.5) is 4.79 Å². The lowest BCUT2D eigenvalue weighted by atomic mass is 10.0. The molecule has 0 aromatic heterocycles. The Morgan fingerprint density at radius 3 is 2.69 bits per heavy atom. The third kappa shape index (κ3) is 2.18. The molecule has 0 unspecified atom stereocenters. The van der Waals surface area contributed by atoms with Crippen LogP contribution in [0.1, 0.15) is 19.4 Å². The molecule has 1 aliphatic heterocycles. The third-order valence-electron chi connectivity index (χ3n) is 2.98. The molecule has 1 fully saturated rings. The molecule has 0 spiro atoms. The third-order valence-corrected chi connectivity index (χ3v) is 2.98. The fourth-order valence-electron chi connectivity index (χ4n) is 1.98. The second kappa shape index (κ2) is 4.56. The first-order valence-electron chi connectivity index (χ1n) is 5.66. The number of ether oxygens (including phenoxy) is 1. The summed E-state index contributed by atoms with van der Waals surface area (Å²) in [6, 6.07) is 10.2. The van der Waals surface area contributed by atoms with Crippen molar-refractivity contribution in [1.82, 2.24) is 4.90 Å². The number of nitrogens with zero attached hydrogens (tertiary/aromatic N) is 1. The van der Waals surface area contributed by atoms with Crippen molar-refractivity contribution in [3.8, 4) is 0 Å². The van der Waals surface area contributed by atoms with Crippen LogP contribution in [0.2, 0.25) is 0 Å². The number of benzene rings is 1. The van der Waals surface area contributed by atoms with Crippen LogP contribution in [0.15, 0.2) is 30.3 Å². The fourth-order valence-corrected chi connectivity index (χ4v) is 1.98. The van der Waals surface area contributed by atoms with Gasteiger partial charge in [0.15, 0.2) is 0 Å². The minimum atomic E-state index is -0.192. The van der Waals surface area contributed by atoms with Crippen molar-refractivity contribution in [2.24, 2.45) is 5.92 Å². The van der Waals surface area contributed by atoms with Crippen molar-refractivity contribution in [1.29, 1.82) is 0 Å². The monoisotopic (exact) mass is 219 g/mol. The van der Waals surface area contributed by atoms with E-state index in [1.165, 1.54) is 0 Å². The summed E-state index contributed by atoms with van der Waals surface area (Å²) in [6.45, 7) is 5.39. The lowest BCUT2D eigenvalue weighted by molar-refractivity contribution is 0.155. The summed E-state index contributed by atoms with van der Waals surface area (Å²) in [5.74, 6) is 0.426. The number of carbonyl (C=O) groups is 1. The summed E-state index contributed by atoms with van der Waals surface area (Å²) in [6.07, 6.45) is -0.192. The predicted molar refractivity (Wildman–Crippen MR) is 62.0 cm³/mol. The van der Waals surface area contributed by atoms with Crippen LogP contribution in [0.5, 0.6) is 0 Å². The number of carbonyl (C=O) groups excluding carboxylic acids is 1. The minimum absolute atomic E-state index is 0.192. The number of rotatable bonds is 3. The van der Waals surface area contributed by atoms with Crippen molar-refractivity contribution in [3.05, 3.63) is 35.9 Å². The van der Waals surface area contributed by atoms with Gasteiger partial charge in [-0.1, -0.05) is 44.2 Å². The van der Waals surface area contributed by atoms with Crippen molar-refractivity contribution < 1.29 is 9.53 Å². The second-order valence-corrected chi connectivity index (χ2v) is 4.50. The standard InChI is InChI=1S/C13H17NO2/c1-10(2)12-9-16-13(15)14(12)8-11-6-4-3-5-7-11/h3-7,10,12H,8-9H2,1-2H3/t12-/m0/s1. The Hall–Kier alpha value is -1.51. The van der Waals surface area contributed by atoms with Gasteiger partial charge in [0.1, 0.15) is 6.61 Å². The first kappa shape index (κ1) is 11.0. The van der Waals surface area contributed by atoms with E-state index < -0.39 is 0 Å². The molecular formula is C13H17NO2. The van der Waals surface area contributed by atoms with Crippen LogP contribution in [-0.4, -0.2) is 23.6 Å². The smallest absolute Gasteiger partial charge is 0.410 e. The largest absolute Gasteiger partial charge is 0.447 e. The van der Waals surface area contributed by atoms with E-state index >= 15 is 0 Å².